The van der Waals surface area contributed by atoms with Crippen molar-refractivity contribution >= 4 is 63.9 Å². The molecule has 8 atom stereocenters. The van der Waals surface area contributed by atoms with Gasteiger partial charge in [0.1, 0.15) is 46.3 Å². The molecule has 1 unspecified atom stereocenters. The maximum atomic E-state index is 14.3. The molecule has 0 radical (unpaired) electrons. The fourth-order valence-corrected chi connectivity index (χ4v) is 10.9. The van der Waals surface area contributed by atoms with Gasteiger partial charge in [0.25, 0.3) is 0 Å². The van der Waals surface area contributed by atoms with E-state index in [1.165, 1.54) is 38.0 Å². The second-order valence-corrected chi connectivity index (χ2v) is 22.6. The zero-order valence-corrected chi connectivity index (χ0v) is 51.8. The molecule has 3 aromatic rings. The number of anilines is 1. The largest absolute Gasteiger partial charge is 0.495 e. The number of halogens is 1. The van der Waals surface area contributed by atoms with Crippen molar-refractivity contribution in [2.45, 2.75) is 120 Å². The molecule has 4 aliphatic rings. The van der Waals surface area contributed by atoms with E-state index in [1.54, 1.807) is 56.8 Å². The van der Waals surface area contributed by atoms with Crippen molar-refractivity contribution in [2.75, 3.05) is 120 Å². The Bertz CT molecular complexity index is 2860. The summed E-state index contributed by atoms with van der Waals surface area (Å²) in [6.07, 6.45) is 1.05. The van der Waals surface area contributed by atoms with E-state index in [4.69, 9.17) is 54.2 Å². The molecule has 5 heterocycles. The lowest BCUT2D eigenvalue weighted by Gasteiger charge is -2.59. The predicted molar refractivity (Wildman–Crippen MR) is 319 cm³/mol. The predicted octanol–water partition coefficient (Wildman–Crippen LogP) is 3.43. The zero-order valence-electron chi connectivity index (χ0n) is 51.1. The average Bonchev–Trinajstić information content (AvgIpc) is 0.891. The van der Waals surface area contributed by atoms with Crippen molar-refractivity contribution in [3.05, 3.63) is 82.5 Å². The summed E-state index contributed by atoms with van der Waals surface area (Å²) in [4.78, 5) is 83.4. The second-order valence-electron chi connectivity index (χ2n) is 22.2. The van der Waals surface area contributed by atoms with Crippen LogP contribution >= 0.6 is 11.6 Å². The van der Waals surface area contributed by atoms with Gasteiger partial charge in [-0.25, -0.2) is 14.6 Å². The van der Waals surface area contributed by atoms with Crippen LogP contribution in [0.15, 0.2) is 66.3 Å². The van der Waals surface area contributed by atoms with Crippen LogP contribution in [-0.2, 0) is 70.0 Å². The SMILES string of the molecule is CNN(C)Cc1cc2ccccc2n1C(=O)C[C@@H](CO)NCC(=O)NCCOCCOCCOCCOCCC(=O)N(C)[C@@H](C)C(=O)O[C@H]1CC(=O)N(C)c2cc(cc(OC)c2Cl)C/C(C)=C/C=C/[C@@H](OC)[C@@]2(O)C[C@H](OC(=O)N2)C2(C)C[C@@]1(C)O2. The lowest BCUT2D eigenvalue weighted by Crippen LogP contribution is -2.72. The highest BCUT2D eigenvalue weighted by molar-refractivity contribution is 6.35. The highest BCUT2D eigenvalue weighted by atomic mass is 35.5. The fraction of sp³-hybridized carbons (Fsp3) is 0.600. The first-order valence-electron chi connectivity index (χ1n) is 28.8. The lowest BCUT2D eigenvalue weighted by atomic mass is 9.72. The fourth-order valence-electron chi connectivity index (χ4n) is 10.6. The summed E-state index contributed by atoms with van der Waals surface area (Å²) in [6, 6.07) is 11.4. The van der Waals surface area contributed by atoms with Crippen molar-refractivity contribution in [1.82, 2.24) is 35.9 Å². The summed E-state index contributed by atoms with van der Waals surface area (Å²) in [5.41, 5.74) is 2.21. The number of carbonyl (C=O) groups is 6. The first-order valence-corrected chi connectivity index (χ1v) is 29.2. The number of methoxy groups -OCH3 is 2. The molecule has 7 rings (SSSR count). The molecule has 26 heteroatoms. The Morgan fingerprint density at radius 3 is 2.27 bits per heavy atom. The van der Waals surface area contributed by atoms with Crippen molar-refractivity contribution in [1.29, 1.82) is 0 Å². The smallest absolute Gasteiger partial charge is 0.409 e. The number of esters is 1. The van der Waals surface area contributed by atoms with Crippen LogP contribution in [-0.4, -0.2) is 223 Å². The molecule has 1 aromatic heterocycles. The quantitative estimate of drug-likeness (QED) is 0.0330. The third kappa shape index (κ3) is 18.5. The van der Waals surface area contributed by atoms with Gasteiger partial charge < -0.3 is 73.3 Å². The summed E-state index contributed by atoms with van der Waals surface area (Å²) < 4.78 is 53.7. The number of carbonyl (C=O) groups excluding carboxylic acids is 6. The van der Waals surface area contributed by atoms with Crippen LogP contribution in [0.5, 0.6) is 5.75 Å². The Morgan fingerprint density at radius 1 is 0.953 bits per heavy atom. The van der Waals surface area contributed by atoms with Crippen LogP contribution in [0.1, 0.15) is 75.9 Å². The number of hydrazine groups is 1. The first kappa shape index (κ1) is 69.0. The number of aromatic nitrogens is 1. The van der Waals surface area contributed by atoms with E-state index in [2.05, 4.69) is 21.4 Å². The summed E-state index contributed by atoms with van der Waals surface area (Å²) in [7, 11) is 9.58. The Hall–Kier alpha value is -6.07. The number of hydrogen-bond acceptors (Lipinski definition) is 20. The number of alkyl carbamates (subject to hydrolysis) is 1. The summed E-state index contributed by atoms with van der Waals surface area (Å²) in [6.45, 7) is 8.99. The van der Waals surface area contributed by atoms with Crippen LogP contribution in [0.25, 0.3) is 10.9 Å². The van der Waals surface area contributed by atoms with Crippen LogP contribution in [0.2, 0.25) is 5.02 Å². The highest BCUT2D eigenvalue weighted by Gasteiger charge is 2.63. The number of rotatable bonds is 29. The van der Waals surface area contributed by atoms with Gasteiger partial charge in [-0.1, -0.05) is 53.6 Å². The Morgan fingerprint density at radius 2 is 1.62 bits per heavy atom. The minimum atomic E-state index is -1.90. The first-order chi connectivity index (χ1) is 41.0. The second kappa shape index (κ2) is 32.2. The molecule has 0 saturated carbocycles. The number of ether oxygens (including phenoxy) is 9. The molecule has 4 amide bonds. The van der Waals surface area contributed by atoms with Gasteiger partial charge in [0.15, 0.2) is 5.72 Å². The monoisotopic (exact) mass is 1230 g/mol. The van der Waals surface area contributed by atoms with Gasteiger partial charge in [-0.3, -0.25) is 34.5 Å². The standard InChI is InChI=1S/C60H87ClN8O17/c1-39-14-13-17-48(79-10)60(77)34-50(85-57(76)65-60)59(4)38-58(3,86-59)49(33-53(73)68(8)46-29-41(28-39)30-47(78-9)55(46)61)84-56(75)40(2)67(7)52(72)18-20-80-22-24-82-26-27-83-25-23-81-21-19-63-51(71)35-64-43(37-70)32-54(74)69-44(36-66(6)62-5)31-42-15-11-12-16-45(42)69/h11-17,29-31,40,43,48-50,62,64,70,77H,18-28,32-38H2,1-10H3,(H,63,71)(H,65,76)/b17-13+,39-14+/t40-,43-,48+,49-,50-,58+,59?,60-/m0/s1. The Kier molecular flexibility index (Phi) is 25.9. The number of nitrogens with one attached hydrogen (secondary N) is 4. The molecule has 6 bridgehead atoms. The van der Waals surface area contributed by atoms with Gasteiger partial charge in [-0.05, 0) is 71.0 Å². The molecule has 0 spiro atoms. The summed E-state index contributed by atoms with van der Waals surface area (Å²) >= 11 is 6.82. The highest BCUT2D eigenvalue weighted by Crippen LogP contribution is 2.50. The number of fused-ring (bicyclic) bond motifs is 7. The molecule has 6 N–H and O–H groups in total. The molecule has 2 aromatic carbocycles. The molecule has 25 nitrogen and oxygen atoms in total. The summed E-state index contributed by atoms with van der Waals surface area (Å²) in [5, 5.41) is 33.1. The normalized spacial score (nSPS) is 24.2. The Balaban J connectivity index is 0.888. The maximum Gasteiger partial charge on any atom is 0.409 e. The van der Waals surface area contributed by atoms with E-state index < -0.39 is 71.2 Å². The number of hydrogen-bond donors (Lipinski definition) is 6. The number of nitrogens with zero attached hydrogens (tertiary/aromatic N) is 4. The number of likely N-dealkylation sites (N-methyl/N-ethyl adjacent to an activating group) is 1. The van der Waals surface area contributed by atoms with E-state index in [1.807, 2.05) is 55.4 Å². The summed E-state index contributed by atoms with van der Waals surface area (Å²) in [5.74, 6) is -1.86. The molecule has 0 aliphatic carbocycles. The Labute approximate surface area is 507 Å². The molecular formula is C60H87ClN8O17. The van der Waals surface area contributed by atoms with Crippen LogP contribution < -0.4 is 31.0 Å². The van der Waals surface area contributed by atoms with Crippen LogP contribution in [0.4, 0.5) is 10.5 Å². The third-order valence-electron chi connectivity index (χ3n) is 15.6. The van der Waals surface area contributed by atoms with E-state index in [0.717, 1.165) is 27.7 Å². The maximum absolute atomic E-state index is 14.3. The van der Waals surface area contributed by atoms with E-state index in [-0.39, 0.29) is 108 Å². The average molecular weight is 1230 g/mol. The zero-order chi connectivity index (χ0) is 62.8. The van der Waals surface area contributed by atoms with Gasteiger partial charge in [-0.15, -0.1) is 0 Å². The number of aliphatic hydroxyl groups is 2. The van der Waals surface area contributed by atoms with E-state index >= 15 is 0 Å². The van der Waals surface area contributed by atoms with E-state index in [0.29, 0.717) is 37.6 Å². The van der Waals surface area contributed by atoms with E-state index in [9.17, 15) is 39.0 Å². The molecule has 2 saturated heterocycles. The van der Waals surface area contributed by atoms with Crippen molar-refractivity contribution in [3.63, 3.8) is 0 Å². The lowest BCUT2D eigenvalue weighted by molar-refractivity contribution is -0.328. The van der Waals surface area contributed by atoms with Gasteiger partial charge in [-0.2, -0.15) is 0 Å². The van der Waals surface area contributed by atoms with Gasteiger partial charge in [0, 0.05) is 71.2 Å². The molecule has 4 aliphatic heterocycles. The van der Waals surface area contributed by atoms with Gasteiger partial charge in [0.2, 0.25) is 23.6 Å². The molecule has 86 heavy (non-hydrogen) atoms. The minimum absolute atomic E-state index is 0.0172. The number of allylic oxidation sites excluding steroid dienone is 3. The minimum Gasteiger partial charge on any atom is -0.495 e. The number of para-hydroxylation sites is 1. The van der Waals surface area contributed by atoms with Crippen molar-refractivity contribution in [2.24, 2.45) is 0 Å². The number of benzene rings is 2. The molecule has 476 valence electrons. The van der Waals surface area contributed by atoms with Gasteiger partial charge in [0.05, 0.1) is 104 Å². The van der Waals surface area contributed by atoms with Crippen LogP contribution in [0.3, 0.4) is 0 Å². The molecule has 2 fully saturated rings. The topological polar surface area (TPSA) is 289 Å². The van der Waals surface area contributed by atoms with Gasteiger partial charge >= 0.3 is 12.1 Å². The number of amides is 4. The van der Waals surface area contributed by atoms with Crippen LogP contribution in [0, 0.1) is 0 Å². The third-order valence-corrected chi connectivity index (χ3v) is 16.0. The molecular weight excluding hydrogens is 1140 g/mol. The van der Waals surface area contributed by atoms with Crippen molar-refractivity contribution in [3.8, 4) is 5.75 Å². The number of aliphatic hydroxyl groups excluding tert-OH is 1. The van der Waals surface area contributed by atoms with Crippen molar-refractivity contribution < 1.29 is 81.6 Å².